The molecule has 2 N–H and O–H groups in total. The van der Waals surface area contributed by atoms with Gasteiger partial charge in [-0.15, -0.1) is 0 Å². The summed E-state index contributed by atoms with van der Waals surface area (Å²) in [5.41, 5.74) is 3.58. The van der Waals surface area contributed by atoms with Crippen LogP contribution in [0.2, 0.25) is 0 Å². The van der Waals surface area contributed by atoms with Gasteiger partial charge in [0, 0.05) is 17.5 Å². The maximum absolute atomic E-state index is 14.1. The van der Waals surface area contributed by atoms with E-state index in [0.29, 0.717) is 5.69 Å². The molecule has 2 aromatic carbocycles. The Balaban J connectivity index is 2.03. The summed E-state index contributed by atoms with van der Waals surface area (Å²) in [5, 5.41) is 5.73. The third-order valence-corrected chi connectivity index (χ3v) is 6.92. The molecule has 200 valence electrons. The molecule has 0 heterocycles. The number of carbonyl (C=O) groups is 3. The van der Waals surface area contributed by atoms with Gasteiger partial charge in [-0.3, -0.25) is 9.59 Å². The average Bonchev–Trinajstić information content (AvgIpc) is 2.78. The molecule has 1 aliphatic carbocycles. The summed E-state index contributed by atoms with van der Waals surface area (Å²) in [6.07, 6.45) is 1.85. The lowest BCUT2D eigenvalue weighted by Gasteiger charge is -2.44. The van der Waals surface area contributed by atoms with Crippen LogP contribution in [0.1, 0.15) is 68.3 Å². The number of nitrogens with zero attached hydrogens (tertiary/aromatic N) is 1. The van der Waals surface area contributed by atoms with Gasteiger partial charge >= 0.3 is 6.09 Å². The van der Waals surface area contributed by atoms with E-state index in [9.17, 15) is 14.4 Å². The van der Waals surface area contributed by atoms with Crippen molar-refractivity contribution in [3.8, 4) is 0 Å². The molecule has 2 unspecified atom stereocenters. The van der Waals surface area contributed by atoms with Crippen molar-refractivity contribution in [2.45, 2.75) is 84.5 Å². The summed E-state index contributed by atoms with van der Waals surface area (Å²) >= 11 is 4.37. The predicted molar refractivity (Wildman–Crippen MR) is 150 cm³/mol. The number of nitrogens with one attached hydrogen (secondary N) is 2. The van der Waals surface area contributed by atoms with Crippen LogP contribution >= 0.6 is 12.6 Å². The van der Waals surface area contributed by atoms with Gasteiger partial charge in [0.1, 0.15) is 17.7 Å². The second-order valence-corrected chi connectivity index (χ2v) is 11.1. The molecule has 0 bridgehead atoms. The van der Waals surface area contributed by atoms with Gasteiger partial charge in [0.25, 0.3) is 5.91 Å². The molecule has 0 aliphatic heterocycles. The van der Waals surface area contributed by atoms with Crippen LogP contribution in [0.4, 0.5) is 10.5 Å². The maximum Gasteiger partial charge on any atom is 0.408 e. The predicted octanol–water partition coefficient (Wildman–Crippen LogP) is 5.50. The molecule has 37 heavy (non-hydrogen) atoms. The number of aryl methyl sites for hydroxylation is 3. The molecule has 1 saturated carbocycles. The average molecular weight is 526 g/mol. The number of thiol groups is 1. The van der Waals surface area contributed by atoms with E-state index in [1.54, 1.807) is 25.7 Å². The Kier molecular flexibility index (Phi) is 9.29. The molecule has 2 aromatic rings. The Morgan fingerprint density at radius 3 is 2.30 bits per heavy atom. The van der Waals surface area contributed by atoms with Gasteiger partial charge in [-0.25, -0.2) is 4.79 Å². The zero-order chi connectivity index (χ0) is 27.3. The van der Waals surface area contributed by atoms with Gasteiger partial charge in [-0.2, -0.15) is 12.6 Å². The Morgan fingerprint density at radius 2 is 1.73 bits per heavy atom. The van der Waals surface area contributed by atoms with Crippen LogP contribution in [0.5, 0.6) is 0 Å². The molecule has 0 aromatic heterocycles. The van der Waals surface area contributed by atoms with Gasteiger partial charge in [-0.1, -0.05) is 42.0 Å². The second kappa shape index (κ2) is 12.0. The van der Waals surface area contributed by atoms with Gasteiger partial charge in [-0.05, 0) is 83.6 Å². The highest BCUT2D eigenvalue weighted by molar-refractivity contribution is 7.80. The topological polar surface area (TPSA) is 87.7 Å². The molecule has 2 atom stereocenters. The van der Waals surface area contributed by atoms with Crippen molar-refractivity contribution in [2.75, 3.05) is 11.1 Å². The van der Waals surface area contributed by atoms with Crippen LogP contribution in [-0.2, 0) is 14.3 Å². The molecular weight excluding hydrogens is 486 g/mol. The Labute approximate surface area is 225 Å². The summed E-state index contributed by atoms with van der Waals surface area (Å²) in [7, 11) is 0. The van der Waals surface area contributed by atoms with E-state index in [1.165, 1.54) is 0 Å². The van der Waals surface area contributed by atoms with E-state index in [0.717, 1.165) is 41.5 Å². The number of anilines is 1. The lowest BCUT2D eigenvalue weighted by atomic mass is 9.87. The number of ether oxygens (including phenoxy) is 1. The summed E-state index contributed by atoms with van der Waals surface area (Å²) in [5.74, 6) is -0.574. The molecule has 8 heteroatoms. The maximum atomic E-state index is 14.1. The first kappa shape index (κ1) is 28.6. The van der Waals surface area contributed by atoms with Gasteiger partial charge in [0.15, 0.2) is 0 Å². The lowest BCUT2D eigenvalue weighted by molar-refractivity contribution is -0.145. The minimum atomic E-state index is -0.947. The van der Waals surface area contributed by atoms with Crippen molar-refractivity contribution < 1.29 is 19.1 Å². The summed E-state index contributed by atoms with van der Waals surface area (Å²) in [6.45, 7) is 11.1. The van der Waals surface area contributed by atoms with Crippen LogP contribution < -0.4 is 10.6 Å². The molecule has 3 rings (SSSR count). The number of rotatable bonds is 8. The largest absolute Gasteiger partial charge is 0.444 e. The highest BCUT2D eigenvalue weighted by Crippen LogP contribution is 2.36. The zero-order valence-corrected chi connectivity index (χ0v) is 23.5. The third kappa shape index (κ3) is 7.28. The number of alkyl carbamates (subject to hydrolysis) is 1. The van der Waals surface area contributed by atoms with Gasteiger partial charge in [0.05, 0.1) is 0 Å². The zero-order valence-electron chi connectivity index (χ0n) is 22.6. The number of hydrogen-bond donors (Lipinski definition) is 3. The minimum absolute atomic E-state index is 0.0697. The van der Waals surface area contributed by atoms with Crippen molar-refractivity contribution in [1.29, 1.82) is 0 Å². The van der Waals surface area contributed by atoms with Gasteiger partial charge < -0.3 is 20.3 Å². The second-order valence-electron chi connectivity index (χ2n) is 10.8. The van der Waals surface area contributed by atoms with Crippen LogP contribution in [-0.4, -0.2) is 46.2 Å². The number of para-hydroxylation sites is 1. The molecular formula is C29H39N3O4S. The molecule has 7 nitrogen and oxygen atoms in total. The summed E-state index contributed by atoms with van der Waals surface area (Å²) in [4.78, 5) is 42.3. The Bertz CT molecular complexity index is 1140. The van der Waals surface area contributed by atoms with Crippen molar-refractivity contribution in [3.63, 3.8) is 0 Å². The van der Waals surface area contributed by atoms with Crippen LogP contribution in [0.15, 0.2) is 42.5 Å². The van der Waals surface area contributed by atoms with Gasteiger partial charge in [0.2, 0.25) is 5.91 Å². The fourth-order valence-corrected chi connectivity index (χ4v) is 4.63. The minimum Gasteiger partial charge on any atom is -0.444 e. The molecule has 0 radical (unpaired) electrons. The van der Waals surface area contributed by atoms with Crippen molar-refractivity contribution >= 4 is 36.2 Å². The van der Waals surface area contributed by atoms with E-state index in [4.69, 9.17) is 4.74 Å². The molecule has 0 saturated heterocycles. The molecule has 3 amide bonds. The highest BCUT2D eigenvalue weighted by atomic mass is 32.1. The first-order chi connectivity index (χ1) is 17.4. The highest BCUT2D eigenvalue weighted by Gasteiger charge is 2.42. The monoisotopic (exact) mass is 525 g/mol. The van der Waals surface area contributed by atoms with E-state index in [2.05, 4.69) is 23.3 Å². The SMILES string of the molecule is Cc1ccc(C)c(C(C(=O)Nc2ccccc2C)N(C(=O)C(CS)NC(=O)OC(C)(C)C)C2CCC2)c1. The van der Waals surface area contributed by atoms with Crippen LogP contribution in [0.25, 0.3) is 0 Å². The van der Waals surface area contributed by atoms with Crippen molar-refractivity contribution in [1.82, 2.24) is 10.2 Å². The third-order valence-electron chi connectivity index (χ3n) is 6.55. The Morgan fingerprint density at radius 1 is 1.05 bits per heavy atom. The first-order valence-electron chi connectivity index (χ1n) is 12.8. The molecule has 1 aliphatic rings. The smallest absolute Gasteiger partial charge is 0.408 e. The van der Waals surface area contributed by atoms with Crippen LogP contribution in [0.3, 0.4) is 0 Å². The molecule has 1 fully saturated rings. The fourth-order valence-electron chi connectivity index (χ4n) is 4.38. The number of amides is 3. The summed E-state index contributed by atoms with van der Waals surface area (Å²) < 4.78 is 5.39. The Hall–Kier alpha value is -3.00. The number of benzene rings is 2. The number of carbonyl (C=O) groups excluding carboxylic acids is 3. The first-order valence-corrected chi connectivity index (χ1v) is 13.4. The summed E-state index contributed by atoms with van der Waals surface area (Å²) in [6, 6.07) is 11.5. The normalized spacial score (nSPS) is 15.2. The lowest BCUT2D eigenvalue weighted by Crippen LogP contribution is -2.57. The van der Waals surface area contributed by atoms with E-state index >= 15 is 0 Å². The van der Waals surface area contributed by atoms with E-state index in [1.807, 2.05) is 63.2 Å². The van der Waals surface area contributed by atoms with E-state index < -0.39 is 23.8 Å². The van der Waals surface area contributed by atoms with Crippen molar-refractivity contribution in [2.24, 2.45) is 0 Å². The standard InChI is InChI=1S/C29H39N3O4S/c1-18-14-15-19(2)22(16-18)25(26(33)30-23-13-8-7-10-20(23)3)32(21-11-9-12-21)27(34)24(17-37)31-28(35)36-29(4,5)6/h7-8,10,13-16,21,24-25,37H,9,11-12,17H2,1-6H3,(H,30,33)(H,31,35). The van der Waals surface area contributed by atoms with Crippen LogP contribution in [0, 0.1) is 20.8 Å². The quantitative estimate of drug-likeness (QED) is 0.398. The molecule has 0 spiro atoms. The number of hydrogen-bond acceptors (Lipinski definition) is 5. The fraction of sp³-hybridized carbons (Fsp3) is 0.483. The van der Waals surface area contributed by atoms with E-state index in [-0.39, 0.29) is 23.6 Å². The van der Waals surface area contributed by atoms with Crippen molar-refractivity contribution in [3.05, 3.63) is 64.7 Å².